The quantitative estimate of drug-likeness (QED) is 0.660. The highest BCUT2D eigenvalue weighted by Crippen LogP contribution is 2.18. The van der Waals surface area contributed by atoms with E-state index in [0.717, 1.165) is 0 Å². The Morgan fingerprint density at radius 1 is 1.45 bits per heavy atom. The number of aromatic carboxylic acids is 1. The number of carbonyl (C=O) groups is 1. The van der Waals surface area contributed by atoms with Gasteiger partial charge in [-0.25, -0.2) is 19.7 Å². The Balaban J connectivity index is 1.81. The Labute approximate surface area is 112 Å². The minimum Gasteiger partial charge on any atom is -0.478 e. The third kappa shape index (κ3) is 2.07. The van der Waals surface area contributed by atoms with Crippen molar-refractivity contribution in [2.24, 2.45) is 0 Å². The first kappa shape index (κ1) is 12.2. The van der Waals surface area contributed by atoms with Gasteiger partial charge in [0, 0.05) is 0 Å². The number of carboxylic acid groups (broad SMARTS) is 1. The van der Waals surface area contributed by atoms with Gasteiger partial charge in [0.15, 0.2) is 11.5 Å². The summed E-state index contributed by atoms with van der Waals surface area (Å²) in [6.45, 7) is 1.93. The van der Waals surface area contributed by atoms with Crippen LogP contribution in [0.3, 0.4) is 0 Å². The van der Waals surface area contributed by atoms with E-state index in [0.29, 0.717) is 35.0 Å². The van der Waals surface area contributed by atoms with Gasteiger partial charge in [0.2, 0.25) is 0 Å². The zero-order valence-electron chi connectivity index (χ0n) is 10.5. The standard InChI is InChI=1S/C12H11N5O3/c1-6-8(12(18)19)2-7(20-6)3-13-10-9-11(15-4-14-9)17-5-16-10/h2,4-5H,3H2,1H3,(H,18,19)(H2,13,14,15,16,17). The Bertz CT molecular complexity index is 776. The van der Waals surface area contributed by atoms with Gasteiger partial charge in [-0.2, -0.15) is 0 Å². The van der Waals surface area contributed by atoms with Crippen molar-refractivity contribution in [3.8, 4) is 0 Å². The van der Waals surface area contributed by atoms with Crippen LogP contribution >= 0.6 is 0 Å². The number of aryl methyl sites for hydroxylation is 1. The third-order valence-corrected chi connectivity index (χ3v) is 2.85. The molecule has 0 aliphatic heterocycles. The Kier molecular flexibility index (Phi) is 2.82. The first-order chi connectivity index (χ1) is 9.65. The molecule has 0 aliphatic rings. The highest BCUT2D eigenvalue weighted by molar-refractivity contribution is 5.88. The van der Waals surface area contributed by atoms with Gasteiger partial charge < -0.3 is 19.8 Å². The maximum atomic E-state index is 10.9. The van der Waals surface area contributed by atoms with Crippen LogP contribution < -0.4 is 5.32 Å². The average molecular weight is 273 g/mol. The molecule has 3 rings (SSSR count). The maximum Gasteiger partial charge on any atom is 0.339 e. The van der Waals surface area contributed by atoms with E-state index in [1.807, 2.05) is 0 Å². The molecule has 8 nitrogen and oxygen atoms in total. The SMILES string of the molecule is Cc1oc(CNc2ncnc3nc[nH]c23)cc1C(=O)O. The first-order valence-electron chi connectivity index (χ1n) is 5.85. The number of imidazole rings is 1. The van der Waals surface area contributed by atoms with E-state index >= 15 is 0 Å². The van der Waals surface area contributed by atoms with Crippen LogP contribution in [0.25, 0.3) is 11.2 Å². The summed E-state index contributed by atoms with van der Waals surface area (Å²) in [6, 6.07) is 1.50. The van der Waals surface area contributed by atoms with E-state index < -0.39 is 5.97 Å². The van der Waals surface area contributed by atoms with Gasteiger partial charge >= 0.3 is 5.97 Å². The number of fused-ring (bicyclic) bond motifs is 1. The molecule has 0 saturated heterocycles. The largest absolute Gasteiger partial charge is 0.478 e. The molecule has 0 fully saturated rings. The predicted molar refractivity (Wildman–Crippen MR) is 69.4 cm³/mol. The lowest BCUT2D eigenvalue weighted by Crippen LogP contribution is -2.02. The summed E-state index contributed by atoms with van der Waals surface area (Å²) in [5, 5.41) is 12.0. The van der Waals surface area contributed by atoms with Gasteiger partial charge in [0.1, 0.15) is 28.9 Å². The van der Waals surface area contributed by atoms with Crippen molar-refractivity contribution in [1.29, 1.82) is 0 Å². The number of aromatic nitrogens is 4. The van der Waals surface area contributed by atoms with Crippen molar-refractivity contribution in [3.63, 3.8) is 0 Å². The number of hydrogen-bond donors (Lipinski definition) is 3. The molecule has 0 aliphatic carbocycles. The van der Waals surface area contributed by atoms with Crippen molar-refractivity contribution >= 4 is 23.0 Å². The number of nitrogens with one attached hydrogen (secondary N) is 2. The zero-order valence-corrected chi connectivity index (χ0v) is 10.5. The van der Waals surface area contributed by atoms with Crippen molar-refractivity contribution in [2.45, 2.75) is 13.5 Å². The molecule has 3 N–H and O–H groups in total. The number of nitrogens with zero attached hydrogens (tertiary/aromatic N) is 3. The maximum absolute atomic E-state index is 10.9. The summed E-state index contributed by atoms with van der Waals surface area (Å²) in [5.74, 6) is 0.476. The van der Waals surface area contributed by atoms with Crippen LogP contribution in [0.15, 0.2) is 23.1 Å². The molecule has 20 heavy (non-hydrogen) atoms. The summed E-state index contributed by atoms with van der Waals surface area (Å²) < 4.78 is 5.38. The molecule has 0 bridgehead atoms. The molecule has 0 spiro atoms. The van der Waals surface area contributed by atoms with Crippen LogP contribution in [0, 0.1) is 6.92 Å². The predicted octanol–water partition coefficient (Wildman–Crippen LogP) is 1.56. The molecule has 0 amide bonds. The Hall–Kier alpha value is -2.90. The van der Waals surface area contributed by atoms with E-state index in [1.165, 1.54) is 18.7 Å². The normalized spacial score (nSPS) is 10.8. The molecule has 3 aromatic rings. The van der Waals surface area contributed by atoms with E-state index in [1.54, 1.807) is 6.92 Å². The second-order valence-corrected chi connectivity index (χ2v) is 4.16. The second kappa shape index (κ2) is 4.65. The fourth-order valence-corrected chi connectivity index (χ4v) is 1.91. The first-order valence-corrected chi connectivity index (χ1v) is 5.85. The molecule has 0 unspecified atom stereocenters. The number of rotatable bonds is 4. The van der Waals surface area contributed by atoms with Crippen LogP contribution in [0.4, 0.5) is 5.82 Å². The highest BCUT2D eigenvalue weighted by atomic mass is 16.4. The van der Waals surface area contributed by atoms with Gasteiger partial charge in [-0.3, -0.25) is 0 Å². The molecule has 0 saturated carbocycles. The minimum absolute atomic E-state index is 0.163. The molecule has 3 aromatic heterocycles. The van der Waals surface area contributed by atoms with Crippen molar-refractivity contribution in [2.75, 3.05) is 5.32 Å². The lowest BCUT2D eigenvalue weighted by atomic mass is 10.2. The van der Waals surface area contributed by atoms with Crippen molar-refractivity contribution in [1.82, 2.24) is 19.9 Å². The number of aromatic amines is 1. The summed E-state index contributed by atoms with van der Waals surface area (Å²) >= 11 is 0. The van der Waals surface area contributed by atoms with Crippen LogP contribution in [-0.4, -0.2) is 31.0 Å². The smallest absolute Gasteiger partial charge is 0.339 e. The second-order valence-electron chi connectivity index (χ2n) is 4.16. The molecule has 0 radical (unpaired) electrons. The lowest BCUT2D eigenvalue weighted by Gasteiger charge is -2.03. The molecule has 0 atom stereocenters. The summed E-state index contributed by atoms with van der Waals surface area (Å²) in [5.41, 5.74) is 1.41. The Morgan fingerprint density at radius 3 is 3.05 bits per heavy atom. The summed E-state index contributed by atoms with van der Waals surface area (Å²) in [4.78, 5) is 26.0. The molecule has 0 aromatic carbocycles. The van der Waals surface area contributed by atoms with Crippen molar-refractivity contribution in [3.05, 3.63) is 35.8 Å². The van der Waals surface area contributed by atoms with Gasteiger partial charge in [-0.05, 0) is 13.0 Å². The molecule has 102 valence electrons. The minimum atomic E-state index is -1.00. The van der Waals surface area contributed by atoms with Gasteiger partial charge in [-0.15, -0.1) is 0 Å². The van der Waals surface area contributed by atoms with Crippen LogP contribution in [0.1, 0.15) is 21.9 Å². The van der Waals surface area contributed by atoms with E-state index in [9.17, 15) is 4.79 Å². The third-order valence-electron chi connectivity index (χ3n) is 2.85. The number of hydrogen-bond acceptors (Lipinski definition) is 6. The fourth-order valence-electron chi connectivity index (χ4n) is 1.91. The van der Waals surface area contributed by atoms with E-state index in [-0.39, 0.29) is 5.56 Å². The number of H-pyrrole nitrogens is 1. The topological polar surface area (TPSA) is 117 Å². The Morgan fingerprint density at radius 2 is 2.30 bits per heavy atom. The zero-order chi connectivity index (χ0) is 14.1. The summed E-state index contributed by atoms with van der Waals surface area (Å²) in [6.07, 6.45) is 2.94. The molecule has 8 heteroatoms. The lowest BCUT2D eigenvalue weighted by molar-refractivity contribution is 0.0695. The van der Waals surface area contributed by atoms with Gasteiger partial charge in [0.05, 0.1) is 12.9 Å². The fraction of sp³-hybridized carbons (Fsp3) is 0.167. The molecular weight excluding hydrogens is 262 g/mol. The number of carboxylic acids is 1. The van der Waals surface area contributed by atoms with Crippen LogP contribution in [-0.2, 0) is 6.54 Å². The summed E-state index contributed by atoms with van der Waals surface area (Å²) in [7, 11) is 0. The monoisotopic (exact) mass is 273 g/mol. The van der Waals surface area contributed by atoms with Crippen LogP contribution in [0.5, 0.6) is 0 Å². The molecule has 3 heterocycles. The van der Waals surface area contributed by atoms with E-state index in [2.05, 4.69) is 25.3 Å². The molecular formula is C12H11N5O3. The van der Waals surface area contributed by atoms with Crippen molar-refractivity contribution < 1.29 is 14.3 Å². The average Bonchev–Trinajstić information content (AvgIpc) is 3.02. The van der Waals surface area contributed by atoms with Gasteiger partial charge in [0.25, 0.3) is 0 Å². The number of anilines is 1. The van der Waals surface area contributed by atoms with Crippen LogP contribution in [0.2, 0.25) is 0 Å². The van der Waals surface area contributed by atoms with Gasteiger partial charge in [-0.1, -0.05) is 0 Å². The highest BCUT2D eigenvalue weighted by Gasteiger charge is 2.14. The number of furan rings is 1. The van der Waals surface area contributed by atoms with E-state index in [4.69, 9.17) is 9.52 Å².